The van der Waals surface area contributed by atoms with E-state index in [0.717, 1.165) is 5.39 Å². The van der Waals surface area contributed by atoms with Crippen LogP contribution >= 0.6 is 0 Å². The minimum atomic E-state index is -0.150. The quantitative estimate of drug-likeness (QED) is 0.792. The summed E-state index contributed by atoms with van der Waals surface area (Å²) in [7, 11) is 0. The fraction of sp³-hybridized carbons (Fsp3) is 0.294. The van der Waals surface area contributed by atoms with E-state index in [0.29, 0.717) is 30.7 Å². The molecule has 0 aliphatic carbocycles. The summed E-state index contributed by atoms with van der Waals surface area (Å²) in [6.45, 7) is 9.09. The lowest BCUT2D eigenvalue weighted by Crippen LogP contribution is -2.35. The van der Waals surface area contributed by atoms with Crippen molar-refractivity contribution in [1.82, 2.24) is 9.47 Å². The lowest BCUT2D eigenvalue weighted by molar-refractivity contribution is 0.0761. The lowest BCUT2D eigenvalue weighted by atomic mass is 10.1. The summed E-state index contributed by atoms with van der Waals surface area (Å²) < 4.78 is 1.50. The molecule has 0 aliphatic rings. The molecule has 0 spiro atoms. The predicted octanol–water partition coefficient (Wildman–Crippen LogP) is 2.67. The van der Waals surface area contributed by atoms with Gasteiger partial charge < -0.3 is 4.90 Å². The number of aromatic nitrogens is 1. The van der Waals surface area contributed by atoms with Gasteiger partial charge in [-0.25, -0.2) is 0 Å². The van der Waals surface area contributed by atoms with Crippen LogP contribution in [0.4, 0.5) is 0 Å². The summed E-state index contributed by atoms with van der Waals surface area (Å²) in [4.78, 5) is 26.9. The standard InChI is InChI=1S/C17H20N2O2/c1-4-11-19-15(17(21)18(5-2)6-3)12-13-9-7-8-10-14(13)16(19)20/h4,7-10,12H,1,5-6,11H2,2-3H3. The van der Waals surface area contributed by atoms with E-state index < -0.39 is 0 Å². The Labute approximate surface area is 124 Å². The van der Waals surface area contributed by atoms with Gasteiger partial charge in [0.25, 0.3) is 11.5 Å². The van der Waals surface area contributed by atoms with E-state index in [1.54, 1.807) is 23.1 Å². The fourth-order valence-corrected chi connectivity index (χ4v) is 2.46. The van der Waals surface area contributed by atoms with Gasteiger partial charge in [-0.15, -0.1) is 6.58 Å². The Balaban J connectivity index is 2.71. The van der Waals surface area contributed by atoms with Crippen molar-refractivity contribution in [2.45, 2.75) is 20.4 Å². The molecule has 1 amide bonds. The number of hydrogen-bond donors (Lipinski definition) is 0. The predicted molar refractivity (Wildman–Crippen MR) is 85.7 cm³/mol. The first kappa shape index (κ1) is 15.0. The molecule has 4 nitrogen and oxygen atoms in total. The second kappa shape index (κ2) is 6.39. The van der Waals surface area contributed by atoms with E-state index in [1.165, 1.54) is 4.57 Å². The molecule has 1 aromatic heterocycles. The van der Waals surface area contributed by atoms with Crippen LogP contribution in [0.2, 0.25) is 0 Å². The van der Waals surface area contributed by atoms with E-state index in [-0.39, 0.29) is 11.5 Å². The number of fused-ring (bicyclic) bond motifs is 1. The second-order valence-corrected chi connectivity index (χ2v) is 4.80. The van der Waals surface area contributed by atoms with E-state index in [4.69, 9.17) is 0 Å². The first-order chi connectivity index (χ1) is 10.1. The molecule has 0 radical (unpaired) electrons. The number of amides is 1. The molecule has 1 aromatic carbocycles. The van der Waals surface area contributed by atoms with Crippen molar-refractivity contribution in [1.29, 1.82) is 0 Å². The Morgan fingerprint density at radius 3 is 2.57 bits per heavy atom. The van der Waals surface area contributed by atoms with E-state index in [2.05, 4.69) is 6.58 Å². The molecular formula is C17H20N2O2. The van der Waals surface area contributed by atoms with Crippen molar-refractivity contribution in [2.24, 2.45) is 0 Å². The summed E-state index contributed by atoms with van der Waals surface area (Å²) in [5.74, 6) is -0.121. The van der Waals surface area contributed by atoms with Crippen molar-refractivity contribution in [2.75, 3.05) is 13.1 Å². The van der Waals surface area contributed by atoms with E-state index in [9.17, 15) is 9.59 Å². The first-order valence-electron chi connectivity index (χ1n) is 7.16. The maximum Gasteiger partial charge on any atom is 0.270 e. The molecule has 2 rings (SSSR count). The highest BCUT2D eigenvalue weighted by Crippen LogP contribution is 2.14. The largest absolute Gasteiger partial charge is 0.338 e. The van der Waals surface area contributed by atoms with Crippen molar-refractivity contribution in [3.63, 3.8) is 0 Å². The molecule has 0 saturated carbocycles. The van der Waals surface area contributed by atoms with Crippen LogP contribution in [0, 0.1) is 0 Å². The molecule has 4 heteroatoms. The molecule has 21 heavy (non-hydrogen) atoms. The normalized spacial score (nSPS) is 10.6. The zero-order valence-electron chi connectivity index (χ0n) is 12.5. The molecule has 0 saturated heterocycles. The number of carbonyl (C=O) groups excluding carboxylic acids is 1. The molecule has 0 bridgehead atoms. The Morgan fingerprint density at radius 1 is 1.29 bits per heavy atom. The molecule has 0 fully saturated rings. The number of carbonyl (C=O) groups is 1. The monoisotopic (exact) mass is 284 g/mol. The van der Waals surface area contributed by atoms with Gasteiger partial charge in [0.15, 0.2) is 0 Å². The van der Waals surface area contributed by atoms with Crippen LogP contribution in [0.1, 0.15) is 24.3 Å². The van der Waals surface area contributed by atoms with Gasteiger partial charge in [0.1, 0.15) is 5.69 Å². The van der Waals surface area contributed by atoms with Crippen LogP contribution in [0.15, 0.2) is 47.8 Å². The third-order valence-corrected chi connectivity index (χ3v) is 3.60. The smallest absolute Gasteiger partial charge is 0.270 e. The van der Waals surface area contributed by atoms with Gasteiger partial charge in [0.05, 0.1) is 0 Å². The Hall–Kier alpha value is -2.36. The molecule has 2 aromatic rings. The van der Waals surface area contributed by atoms with Gasteiger partial charge in [-0.3, -0.25) is 14.2 Å². The van der Waals surface area contributed by atoms with Gasteiger partial charge in [-0.1, -0.05) is 24.3 Å². The molecule has 0 atom stereocenters. The summed E-state index contributed by atoms with van der Waals surface area (Å²) >= 11 is 0. The average Bonchev–Trinajstić information content (AvgIpc) is 2.51. The SMILES string of the molecule is C=CCn1c(C(=O)N(CC)CC)cc2ccccc2c1=O. The first-order valence-corrected chi connectivity index (χ1v) is 7.16. The Kier molecular flexibility index (Phi) is 4.58. The molecule has 110 valence electrons. The third-order valence-electron chi connectivity index (χ3n) is 3.60. The van der Waals surface area contributed by atoms with Crippen molar-refractivity contribution < 1.29 is 4.79 Å². The Morgan fingerprint density at radius 2 is 1.95 bits per heavy atom. The fourth-order valence-electron chi connectivity index (χ4n) is 2.46. The lowest BCUT2D eigenvalue weighted by Gasteiger charge is -2.21. The van der Waals surface area contributed by atoms with E-state index >= 15 is 0 Å². The summed E-state index contributed by atoms with van der Waals surface area (Å²) in [5, 5.41) is 1.41. The topological polar surface area (TPSA) is 42.3 Å². The zero-order chi connectivity index (χ0) is 15.4. The highest BCUT2D eigenvalue weighted by atomic mass is 16.2. The zero-order valence-corrected chi connectivity index (χ0v) is 12.5. The molecule has 0 unspecified atom stereocenters. The molecule has 0 N–H and O–H groups in total. The van der Waals surface area contributed by atoms with Crippen LogP contribution in [-0.2, 0) is 6.54 Å². The number of hydrogen-bond acceptors (Lipinski definition) is 2. The number of rotatable bonds is 5. The van der Waals surface area contributed by atoms with E-state index in [1.807, 2.05) is 32.0 Å². The Bertz CT molecular complexity index is 727. The van der Waals surface area contributed by atoms with Crippen LogP contribution in [-0.4, -0.2) is 28.5 Å². The maximum atomic E-state index is 12.6. The van der Waals surface area contributed by atoms with Gasteiger partial charge in [0.2, 0.25) is 0 Å². The van der Waals surface area contributed by atoms with Crippen LogP contribution in [0.5, 0.6) is 0 Å². The maximum absolute atomic E-state index is 12.6. The number of pyridine rings is 1. The van der Waals surface area contributed by atoms with Crippen LogP contribution < -0.4 is 5.56 Å². The minimum Gasteiger partial charge on any atom is -0.338 e. The summed E-state index contributed by atoms with van der Waals surface area (Å²) in [5.41, 5.74) is 0.269. The minimum absolute atomic E-state index is 0.121. The molecular weight excluding hydrogens is 264 g/mol. The number of benzene rings is 1. The van der Waals surface area contributed by atoms with Gasteiger partial charge in [-0.05, 0) is 31.4 Å². The van der Waals surface area contributed by atoms with Gasteiger partial charge in [-0.2, -0.15) is 0 Å². The number of allylic oxidation sites excluding steroid dienone is 1. The van der Waals surface area contributed by atoms with Crippen LogP contribution in [0.25, 0.3) is 10.8 Å². The highest BCUT2D eigenvalue weighted by Gasteiger charge is 2.18. The van der Waals surface area contributed by atoms with Crippen LogP contribution in [0.3, 0.4) is 0 Å². The van der Waals surface area contributed by atoms with Crippen molar-refractivity contribution in [3.8, 4) is 0 Å². The second-order valence-electron chi connectivity index (χ2n) is 4.80. The summed E-state index contributed by atoms with van der Waals surface area (Å²) in [6, 6.07) is 9.12. The van der Waals surface area contributed by atoms with Gasteiger partial charge in [0, 0.05) is 25.0 Å². The number of nitrogens with zero attached hydrogens (tertiary/aromatic N) is 2. The van der Waals surface area contributed by atoms with Crippen molar-refractivity contribution in [3.05, 3.63) is 59.0 Å². The highest BCUT2D eigenvalue weighted by molar-refractivity contribution is 5.96. The third kappa shape index (κ3) is 2.75. The molecule has 0 aliphatic heterocycles. The summed E-state index contributed by atoms with van der Waals surface area (Å²) in [6.07, 6.45) is 1.63. The van der Waals surface area contributed by atoms with Crippen molar-refractivity contribution >= 4 is 16.7 Å². The average molecular weight is 284 g/mol. The van der Waals surface area contributed by atoms with Gasteiger partial charge >= 0.3 is 0 Å². The molecule has 1 heterocycles.